The summed E-state index contributed by atoms with van der Waals surface area (Å²) in [4.78, 5) is 11.7. The van der Waals surface area contributed by atoms with Crippen LogP contribution >= 0.6 is 0 Å². The molecule has 0 heterocycles. The first-order chi connectivity index (χ1) is 9.15. The number of benzene rings is 2. The van der Waals surface area contributed by atoms with Crippen LogP contribution in [0.2, 0.25) is 0 Å². The molecule has 1 N–H and O–H groups in total. The fraction of sp³-hybridized carbons (Fsp3) is 0.0667. The molecule has 0 saturated carbocycles. The van der Waals surface area contributed by atoms with Gasteiger partial charge in [0, 0.05) is 5.56 Å². The van der Waals surface area contributed by atoms with Gasteiger partial charge in [0.15, 0.2) is 0 Å². The Hall–Kier alpha value is -2.49. The standard InChI is InChI=1S/C15H13FN2O/c1-11-3-2-4-12(9-11)10-17-18-15(19)13-5-7-14(16)8-6-13/h2-10H,1H3,(H,18,19). The highest BCUT2D eigenvalue weighted by Gasteiger charge is 2.03. The van der Waals surface area contributed by atoms with E-state index in [1.165, 1.54) is 24.3 Å². The van der Waals surface area contributed by atoms with E-state index < -0.39 is 0 Å². The van der Waals surface area contributed by atoms with Crippen LogP contribution in [-0.2, 0) is 0 Å². The van der Waals surface area contributed by atoms with Gasteiger partial charge in [0.2, 0.25) is 0 Å². The number of halogens is 1. The molecule has 0 aliphatic heterocycles. The molecule has 2 rings (SSSR count). The zero-order valence-corrected chi connectivity index (χ0v) is 10.4. The Bertz CT molecular complexity index is 606. The van der Waals surface area contributed by atoms with Gasteiger partial charge in [0.05, 0.1) is 6.21 Å². The van der Waals surface area contributed by atoms with Crippen molar-refractivity contribution in [3.63, 3.8) is 0 Å². The number of hydrogen-bond acceptors (Lipinski definition) is 2. The monoisotopic (exact) mass is 256 g/mol. The summed E-state index contributed by atoms with van der Waals surface area (Å²) in [5.74, 6) is -0.747. The van der Waals surface area contributed by atoms with Crippen molar-refractivity contribution in [3.05, 3.63) is 71.0 Å². The lowest BCUT2D eigenvalue weighted by atomic mass is 10.2. The number of rotatable bonds is 3. The molecular formula is C15H13FN2O. The average Bonchev–Trinajstić information content (AvgIpc) is 2.39. The molecule has 0 aliphatic rings. The molecule has 96 valence electrons. The summed E-state index contributed by atoms with van der Waals surface area (Å²) in [6, 6.07) is 13.0. The van der Waals surface area contributed by atoms with Crippen molar-refractivity contribution in [1.82, 2.24) is 5.43 Å². The molecule has 1 amide bonds. The first-order valence-electron chi connectivity index (χ1n) is 5.81. The first-order valence-corrected chi connectivity index (χ1v) is 5.81. The van der Waals surface area contributed by atoms with Crippen LogP contribution < -0.4 is 5.43 Å². The smallest absolute Gasteiger partial charge is 0.267 e. The van der Waals surface area contributed by atoms with Crippen LogP contribution in [0.15, 0.2) is 53.6 Å². The van der Waals surface area contributed by atoms with Crippen molar-refractivity contribution in [2.75, 3.05) is 0 Å². The van der Waals surface area contributed by atoms with Gasteiger partial charge in [-0.05, 0) is 36.8 Å². The Morgan fingerprint density at radius 2 is 1.95 bits per heavy atom. The third kappa shape index (κ3) is 3.74. The summed E-state index contributed by atoms with van der Waals surface area (Å²) in [6.07, 6.45) is 1.56. The van der Waals surface area contributed by atoms with Gasteiger partial charge in [0.25, 0.3) is 5.91 Å². The zero-order valence-electron chi connectivity index (χ0n) is 10.4. The molecule has 0 aliphatic carbocycles. The fourth-order valence-electron chi connectivity index (χ4n) is 1.58. The Morgan fingerprint density at radius 3 is 2.63 bits per heavy atom. The molecule has 2 aromatic carbocycles. The lowest BCUT2D eigenvalue weighted by Crippen LogP contribution is -2.17. The summed E-state index contributed by atoms with van der Waals surface area (Å²) >= 11 is 0. The van der Waals surface area contributed by atoms with E-state index in [9.17, 15) is 9.18 Å². The van der Waals surface area contributed by atoms with Gasteiger partial charge in [-0.1, -0.05) is 29.8 Å². The van der Waals surface area contributed by atoms with E-state index in [1.54, 1.807) is 6.21 Å². The minimum absolute atomic E-state index is 0.364. The van der Waals surface area contributed by atoms with E-state index in [2.05, 4.69) is 10.5 Å². The molecule has 0 unspecified atom stereocenters. The second kappa shape index (κ2) is 5.91. The van der Waals surface area contributed by atoms with Crippen LogP contribution in [0, 0.1) is 12.7 Å². The minimum atomic E-state index is -0.375. The van der Waals surface area contributed by atoms with Gasteiger partial charge >= 0.3 is 0 Å². The molecule has 4 heteroatoms. The molecule has 3 nitrogen and oxygen atoms in total. The van der Waals surface area contributed by atoms with Crippen molar-refractivity contribution in [1.29, 1.82) is 0 Å². The number of amides is 1. The van der Waals surface area contributed by atoms with E-state index in [-0.39, 0.29) is 11.7 Å². The fourth-order valence-corrected chi connectivity index (χ4v) is 1.58. The number of carbonyl (C=O) groups excluding carboxylic acids is 1. The van der Waals surface area contributed by atoms with Crippen LogP contribution in [0.5, 0.6) is 0 Å². The van der Waals surface area contributed by atoms with Crippen LogP contribution in [0.25, 0.3) is 0 Å². The van der Waals surface area contributed by atoms with Crippen LogP contribution in [0.3, 0.4) is 0 Å². The lowest BCUT2D eigenvalue weighted by Gasteiger charge is -1.99. The Morgan fingerprint density at radius 1 is 1.21 bits per heavy atom. The molecule has 19 heavy (non-hydrogen) atoms. The van der Waals surface area contributed by atoms with Gasteiger partial charge in [-0.25, -0.2) is 9.82 Å². The number of nitrogens with zero attached hydrogens (tertiary/aromatic N) is 1. The van der Waals surface area contributed by atoms with Crippen LogP contribution in [-0.4, -0.2) is 12.1 Å². The van der Waals surface area contributed by atoms with Crippen molar-refractivity contribution in [2.24, 2.45) is 5.10 Å². The highest BCUT2D eigenvalue weighted by atomic mass is 19.1. The summed E-state index contributed by atoms with van der Waals surface area (Å²) in [6.45, 7) is 1.98. The maximum absolute atomic E-state index is 12.7. The van der Waals surface area contributed by atoms with Crippen molar-refractivity contribution < 1.29 is 9.18 Å². The minimum Gasteiger partial charge on any atom is -0.267 e. The predicted octanol–water partition coefficient (Wildman–Crippen LogP) is 2.90. The van der Waals surface area contributed by atoms with E-state index in [0.29, 0.717) is 5.56 Å². The van der Waals surface area contributed by atoms with Gasteiger partial charge in [-0.3, -0.25) is 4.79 Å². The summed E-state index contributed by atoms with van der Waals surface area (Å²) in [7, 11) is 0. The van der Waals surface area contributed by atoms with E-state index in [1.807, 2.05) is 31.2 Å². The van der Waals surface area contributed by atoms with Crippen LogP contribution in [0.4, 0.5) is 4.39 Å². The van der Waals surface area contributed by atoms with Gasteiger partial charge in [-0.15, -0.1) is 0 Å². The molecular weight excluding hydrogens is 243 g/mol. The maximum Gasteiger partial charge on any atom is 0.271 e. The normalized spacial score (nSPS) is 10.6. The van der Waals surface area contributed by atoms with E-state index in [4.69, 9.17) is 0 Å². The Labute approximate surface area is 110 Å². The number of carbonyl (C=O) groups is 1. The highest BCUT2D eigenvalue weighted by Crippen LogP contribution is 2.03. The average molecular weight is 256 g/mol. The van der Waals surface area contributed by atoms with E-state index >= 15 is 0 Å². The molecule has 0 fully saturated rings. The second-order valence-corrected chi connectivity index (χ2v) is 4.12. The molecule has 0 atom stereocenters. The molecule has 2 aromatic rings. The SMILES string of the molecule is Cc1cccc(C=NNC(=O)c2ccc(F)cc2)c1. The molecule has 0 saturated heterocycles. The number of aryl methyl sites for hydroxylation is 1. The third-order valence-electron chi connectivity index (χ3n) is 2.53. The lowest BCUT2D eigenvalue weighted by molar-refractivity contribution is 0.0955. The zero-order chi connectivity index (χ0) is 13.7. The van der Waals surface area contributed by atoms with Gasteiger partial charge in [0.1, 0.15) is 5.82 Å². The number of hydrazone groups is 1. The third-order valence-corrected chi connectivity index (χ3v) is 2.53. The van der Waals surface area contributed by atoms with Crippen molar-refractivity contribution in [3.8, 4) is 0 Å². The topological polar surface area (TPSA) is 41.5 Å². The Balaban J connectivity index is 1.98. The predicted molar refractivity (Wildman–Crippen MR) is 72.6 cm³/mol. The maximum atomic E-state index is 12.7. The molecule has 0 bridgehead atoms. The second-order valence-electron chi connectivity index (χ2n) is 4.12. The molecule has 0 aromatic heterocycles. The van der Waals surface area contributed by atoms with Crippen molar-refractivity contribution >= 4 is 12.1 Å². The van der Waals surface area contributed by atoms with Gasteiger partial charge < -0.3 is 0 Å². The first kappa shape index (κ1) is 13.0. The number of hydrogen-bond donors (Lipinski definition) is 1. The van der Waals surface area contributed by atoms with E-state index in [0.717, 1.165) is 11.1 Å². The number of nitrogens with one attached hydrogen (secondary N) is 1. The highest BCUT2D eigenvalue weighted by molar-refractivity contribution is 5.94. The molecule has 0 spiro atoms. The van der Waals surface area contributed by atoms with Crippen LogP contribution in [0.1, 0.15) is 21.5 Å². The van der Waals surface area contributed by atoms with Crippen molar-refractivity contribution in [2.45, 2.75) is 6.92 Å². The quantitative estimate of drug-likeness (QED) is 0.665. The van der Waals surface area contributed by atoms with Gasteiger partial charge in [-0.2, -0.15) is 5.10 Å². The summed E-state index contributed by atoms with van der Waals surface area (Å²) in [5, 5.41) is 3.86. The molecule has 0 radical (unpaired) electrons. The Kier molecular flexibility index (Phi) is 4.03. The largest absolute Gasteiger partial charge is 0.271 e. The summed E-state index contributed by atoms with van der Waals surface area (Å²) in [5.41, 5.74) is 4.78. The summed E-state index contributed by atoms with van der Waals surface area (Å²) < 4.78 is 12.7.